The van der Waals surface area contributed by atoms with Crippen molar-refractivity contribution in [3.05, 3.63) is 0 Å². The van der Waals surface area contributed by atoms with Crippen LogP contribution in [0.15, 0.2) is 0 Å². The molecule has 0 unspecified atom stereocenters. The van der Waals surface area contributed by atoms with Gasteiger partial charge in [0.1, 0.15) is 0 Å². The molecule has 0 atom stereocenters. The van der Waals surface area contributed by atoms with Crippen LogP contribution < -0.4 is 40.0 Å². The van der Waals surface area contributed by atoms with Crippen molar-refractivity contribution < 1.29 is 50.2 Å². The number of likely N-dealkylation sites (N-methyl/N-ethyl adjacent to an activating group) is 2. The monoisotopic (exact) mass is 266 g/mol. The molecule has 0 saturated carbocycles. The maximum absolute atomic E-state index is 8.04. The van der Waals surface area contributed by atoms with Crippen LogP contribution in [-0.4, -0.2) is 50.6 Å². The van der Waals surface area contributed by atoms with Crippen molar-refractivity contribution in [2.75, 3.05) is 40.4 Å². The Hall–Kier alpha value is 0.610. The molecule has 0 radical (unpaired) electrons. The summed E-state index contributed by atoms with van der Waals surface area (Å²) in [5, 5.41) is 19.9. The van der Waals surface area contributed by atoms with Gasteiger partial charge in [-0.1, -0.05) is 0 Å². The number of quaternary nitrogens is 2. The molecular formula is C6H20BrClN2O2. The number of halogens is 2. The summed E-state index contributed by atoms with van der Waals surface area (Å²) < 4.78 is 0. The summed E-state index contributed by atoms with van der Waals surface area (Å²) in [5.74, 6) is 0. The first-order valence-corrected chi connectivity index (χ1v) is 3.60. The van der Waals surface area contributed by atoms with Gasteiger partial charge in [0.2, 0.25) is 0 Å². The molecule has 12 heavy (non-hydrogen) atoms. The molecule has 4 nitrogen and oxygen atoms in total. The zero-order chi connectivity index (χ0) is 8.24. The van der Waals surface area contributed by atoms with E-state index < -0.39 is 0 Å². The minimum atomic E-state index is 0. The first kappa shape index (κ1) is 22.9. The number of aliphatic hydroxyl groups excluding tert-OH is 2. The second kappa shape index (κ2) is 29.9. The maximum atomic E-state index is 8.04. The van der Waals surface area contributed by atoms with Crippen molar-refractivity contribution in [3.8, 4) is 0 Å². The van der Waals surface area contributed by atoms with Crippen LogP contribution in [0, 0.1) is 0 Å². The Morgan fingerprint density at radius 3 is 1.17 bits per heavy atom. The Morgan fingerprint density at radius 1 is 0.917 bits per heavy atom. The van der Waals surface area contributed by atoms with Gasteiger partial charge in [-0.2, -0.15) is 0 Å². The van der Waals surface area contributed by atoms with E-state index in [-0.39, 0.29) is 42.6 Å². The minimum absolute atomic E-state index is 0. The van der Waals surface area contributed by atoms with Crippen LogP contribution in [0.3, 0.4) is 0 Å². The molecule has 0 spiro atoms. The van der Waals surface area contributed by atoms with Crippen molar-refractivity contribution >= 4 is 0 Å². The average molecular weight is 268 g/mol. The first-order chi connectivity index (χ1) is 4.83. The molecular weight excluding hydrogens is 247 g/mol. The molecule has 0 rings (SSSR count). The Bertz CT molecular complexity index is 44.5. The minimum Gasteiger partial charge on any atom is -1.00 e. The Morgan fingerprint density at radius 2 is 1.17 bits per heavy atom. The predicted octanol–water partition coefficient (Wildman–Crippen LogP) is -9.65. The molecule has 0 fully saturated rings. The van der Waals surface area contributed by atoms with Crippen LogP contribution >= 0.6 is 0 Å². The molecule has 6 heteroatoms. The standard InChI is InChI=1S/2C3H9NO.BrH.ClH/c2*1-4-2-3-5;;/h2*4-5H,2-3H2,1H3;2*1H. The third kappa shape index (κ3) is 46.1. The van der Waals surface area contributed by atoms with E-state index >= 15 is 0 Å². The van der Waals surface area contributed by atoms with Crippen LogP contribution in [0.5, 0.6) is 0 Å². The van der Waals surface area contributed by atoms with Crippen molar-refractivity contribution in [2.45, 2.75) is 0 Å². The fourth-order valence-corrected chi connectivity index (χ4v) is 0.258. The zero-order valence-corrected chi connectivity index (χ0v) is 9.98. The van der Waals surface area contributed by atoms with Crippen LogP contribution in [0.2, 0.25) is 0 Å². The molecule has 0 bridgehead atoms. The van der Waals surface area contributed by atoms with Crippen molar-refractivity contribution in [3.63, 3.8) is 0 Å². The van der Waals surface area contributed by atoms with Crippen molar-refractivity contribution in [2.24, 2.45) is 0 Å². The number of hydrogen-bond donors (Lipinski definition) is 4. The topological polar surface area (TPSA) is 73.7 Å². The number of nitrogens with two attached hydrogens (primary N) is 2. The van der Waals surface area contributed by atoms with Gasteiger partial charge in [-0.25, -0.2) is 0 Å². The van der Waals surface area contributed by atoms with E-state index in [0.29, 0.717) is 0 Å². The van der Waals surface area contributed by atoms with Crippen LogP contribution in [0.4, 0.5) is 0 Å². The first-order valence-electron chi connectivity index (χ1n) is 3.60. The highest BCUT2D eigenvalue weighted by Gasteiger charge is 1.70. The van der Waals surface area contributed by atoms with E-state index in [1.54, 1.807) is 0 Å². The normalized spacial score (nSPS) is 7.00. The molecule has 0 aromatic carbocycles. The largest absolute Gasteiger partial charge is 1.00 e. The molecule has 0 aromatic heterocycles. The van der Waals surface area contributed by atoms with Gasteiger partial charge < -0.3 is 50.2 Å². The molecule has 80 valence electrons. The van der Waals surface area contributed by atoms with Gasteiger partial charge in [0.05, 0.1) is 40.4 Å². The van der Waals surface area contributed by atoms with Crippen LogP contribution in [-0.2, 0) is 0 Å². The fraction of sp³-hybridized carbons (Fsp3) is 1.00. The number of rotatable bonds is 4. The zero-order valence-electron chi connectivity index (χ0n) is 7.63. The van der Waals surface area contributed by atoms with E-state index in [9.17, 15) is 0 Å². The highest BCUT2D eigenvalue weighted by Crippen LogP contribution is 1.31. The average Bonchev–Trinajstić information content (AvgIpc) is 1.93. The molecule has 0 heterocycles. The van der Waals surface area contributed by atoms with Crippen molar-refractivity contribution in [1.82, 2.24) is 0 Å². The van der Waals surface area contributed by atoms with Gasteiger partial charge in [0.25, 0.3) is 0 Å². The second-order valence-electron chi connectivity index (χ2n) is 1.84. The Balaban J connectivity index is -0.0000000457. The van der Waals surface area contributed by atoms with Gasteiger partial charge in [-0.05, 0) is 0 Å². The van der Waals surface area contributed by atoms with Gasteiger partial charge in [-0.15, -0.1) is 0 Å². The smallest absolute Gasteiger partial charge is 0.0988 e. The summed E-state index contributed by atoms with van der Waals surface area (Å²) in [6, 6.07) is 0. The SMILES string of the molecule is C[NH2+]CCO.C[NH2+]CCO.[Br-].[Cl-]. The molecule has 0 aliphatic rings. The lowest BCUT2D eigenvalue weighted by Gasteiger charge is -1.81. The van der Waals surface area contributed by atoms with E-state index in [2.05, 4.69) is 0 Å². The highest BCUT2D eigenvalue weighted by molar-refractivity contribution is 4.06. The van der Waals surface area contributed by atoms with Crippen LogP contribution in [0.25, 0.3) is 0 Å². The lowest BCUT2D eigenvalue weighted by atomic mass is 10.7. The molecule has 0 aliphatic carbocycles. The van der Waals surface area contributed by atoms with Crippen molar-refractivity contribution in [1.29, 1.82) is 0 Å². The number of hydrogen-bond acceptors (Lipinski definition) is 2. The van der Waals surface area contributed by atoms with E-state index in [1.807, 2.05) is 24.7 Å². The lowest BCUT2D eigenvalue weighted by molar-refractivity contribution is -0.628. The third-order valence-corrected chi connectivity index (χ3v) is 0.836. The van der Waals surface area contributed by atoms with E-state index in [1.165, 1.54) is 0 Å². The summed E-state index contributed by atoms with van der Waals surface area (Å²) in [6.07, 6.45) is 0. The summed E-state index contributed by atoms with van der Waals surface area (Å²) in [5.41, 5.74) is 0. The Kier molecular flexibility index (Phi) is 57.2. The van der Waals surface area contributed by atoms with Gasteiger partial charge in [-0.3, -0.25) is 0 Å². The van der Waals surface area contributed by atoms with Gasteiger partial charge in [0, 0.05) is 0 Å². The summed E-state index contributed by atoms with van der Waals surface area (Å²) >= 11 is 0. The highest BCUT2D eigenvalue weighted by atomic mass is 79.9. The lowest BCUT2D eigenvalue weighted by Crippen LogP contribution is -3.00. The maximum Gasteiger partial charge on any atom is 0.0988 e. The number of aliphatic hydroxyl groups is 2. The quantitative estimate of drug-likeness (QED) is 0.408. The molecule has 0 aliphatic heterocycles. The molecule has 0 saturated heterocycles. The van der Waals surface area contributed by atoms with Gasteiger partial charge in [0.15, 0.2) is 0 Å². The molecule has 0 aromatic rings. The second-order valence-corrected chi connectivity index (χ2v) is 1.84. The summed E-state index contributed by atoms with van der Waals surface area (Å²) in [7, 11) is 3.85. The fourth-order valence-electron chi connectivity index (χ4n) is 0.258. The molecule has 6 N–H and O–H groups in total. The summed E-state index contributed by atoms with van der Waals surface area (Å²) in [6.45, 7) is 2.22. The molecule has 0 amide bonds. The third-order valence-electron chi connectivity index (χ3n) is 0.836. The van der Waals surface area contributed by atoms with Crippen LogP contribution in [0.1, 0.15) is 0 Å². The predicted molar refractivity (Wildman–Crippen MR) is 39.6 cm³/mol. The Labute approximate surface area is 90.9 Å². The van der Waals surface area contributed by atoms with Gasteiger partial charge >= 0.3 is 0 Å². The summed E-state index contributed by atoms with van der Waals surface area (Å²) in [4.78, 5) is 0. The van der Waals surface area contributed by atoms with E-state index in [0.717, 1.165) is 13.1 Å². The van der Waals surface area contributed by atoms with E-state index in [4.69, 9.17) is 10.2 Å².